The number of aromatic nitrogens is 2. The van der Waals surface area contributed by atoms with Gasteiger partial charge in [0.15, 0.2) is 0 Å². The quantitative estimate of drug-likeness (QED) is 0.628. The number of halogens is 1. The Labute approximate surface area is 126 Å². The van der Waals surface area contributed by atoms with Gasteiger partial charge < -0.3 is 5.32 Å². The van der Waals surface area contributed by atoms with Crippen molar-refractivity contribution in [3.05, 3.63) is 46.6 Å². The number of anilines is 1. The average Bonchev–Trinajstić information content (AvgIpc) is 2.46. The van der Waals surface area contributed by atoms with Crippen LogP contribution < -0.4 is 5.32 Å². The van der Waals surface area contributed by atoms with Crippen molar-refractivity contribution >= 4 is 33.6 Å². The third-order valence-corrected chi connectivity index (χ3v) is 4.37. The Morgan fingerprint density at radius 2 is 2.05 bits per heavy atom. The van der Waals surface area contributed by atoms with Crippen LogP contribution in [0.15, 0.2) is 46.0 Å². The second kappa shape index (κ2) is 7.50. The zero-order valence-corrected chi connectivity index (χ0v) is 13.2. The Hall–Kier alpha value is -1.07. The van der Waals surface area contributed by atoms with Crippen molar-refractivity contribution in [3.63, 3.8) is 0 Å². The summed E-state index contributed by atoms with van der Waals surface area (Å²) in [6.07, 6.45) is 2.87. The van der Waals surface area contributed by atoms with Crippen molar-refractivity contribution < 1.29 is 0 Å². The fourth-order valence-electron chi connectivity index (χ4n) is 1.50. The van der Waals surface area contributed by atoms with Crippen LogP contribution in [0, 0.1) is 0 Å². The normalized spacial score (nSPS) is 10.4. The molecule has 0 amide bonds. The molecule has 3 nitrogen and oxygen atoms in total. The van der Waals surface area contributed by atoms with E-state index in [0.717, 1.165) is 28.2 Å². The number of hydrogen-bond donors (Lipinski definition) is 1. The first-order valence-electron chi connectivity index (χ1n) is 6.22. The molecule has 0 radical (unpaired) electrons. The van der Waals surface area contributed by atoms with Gasteiger partial charge in [-0.25, -0.2) is 9.97 Å². The first-order chi connectivity index (χ1) is 9.29. The zero-order chi connectivity index (χ0) is 13.5. The second-order valence-corrected chi connectivity index (χ2v) is 5.87. The summed E-state index contributed by atoms with van der Waals surface area (Å²) in [7, 11) is 0. The van der Waals surface area contributed by atoms with Crippen LogP contribution in [0.3, 0.4) is 0 Å². The fourth-order valence-corrected chi connectivity index (χ4v) is 2.87. The van der Waals surface area contributed by atoms with E-state index in [1.165, 1.54) is 5.56 Å². The van der Waals surface area contributed by atoms with Crippen LogP contribution in [0.25, 0.3) is 0 Å². The molecule has 1 N–H and O–H groups in total. The molecule has 0 saturated heterocycles. The van der Waals surface area contributed by atoms with E-state index in [1.807, 2.05) is 6.07 Å². The third-order valence-electron chi connectivity index (χ3n) is 2.46. The van der Waals surface area contributed by atoms with Crippen LogP contribution in [0.2, 0.25) is 0 Å². The van der Waals surface area contributed by atoms with Gasteiger partial charge in [0, 0.05) is 18.5 Å². The largest absolute Gasteiger partial charge is 0.354 e. The molecule has 100 valence electrons. The summed E-state index contributed by atoms with van der Waals surface area (Å²) in [6, 6.07) is 10.4. The number of nitrogens with zero attached hydrogens (tertiary/aromatic N) is 2. The summed E-state index contributed by atoms with van der Waals surface area (Å²) in [5, 5.41) is 4.17. The summed E-state index contributed by atoms with van der Waals surface area (Å²) < 4.78 is 0.940. The van der Waals surface area contributed by atoms with Crippen molar-refractivity contribution in [2.24, 2.45) is 0 Å². The number of nitrogens with one attached hydrogen (secondary N) is 1. The van der Waals surface area contributed by atoms with Gasteiger partial charge in [-0.15, -0.1) is 11.8 Å². The van der Waals surface area contributed by atoms with Gasteiger partial charge in [-0.1, -0.05) is 37.3 Å². The highest BCUT2D eigenvalue weighted by molar-refractivity contribution is 9.10. The highest BCUT2D eigenvalue weighted by Gasteiger charge is 2.06. The van der Waals surface area contributed by atoms with E-state index in [9.17, 15) is 0 Å². The molecule has 1 aromatic heterocycles. The lowest BCUT2D eigenvalue weighted by molar-refractivity contribution is 0.930. The molecule has 1 aromatic carbocycles. The summed E-state index contributed by atoms with van der Waals surface area (Å²) in [5.41, 5.74) is 1.29. The molecule has 1 heterocycles. The molecular formula is C14H16BrN3S. The van der Waals surface area contributed by atoms with Gasteiger partial charge in [-0.3, -0.25) is 0 Å². The Bertz CT molecular complexity index is 519. The monoisotopic (exact) mass is 337 g/mol. The molecule has 0 aliphatic heterocycles. The summed E-state index contributed by atoms with van der Waals surface area (Å²) >= 11 is 5.21. The summed E-state index contributed by atoms with van der Waals surface area (Å²) in [5.74, 6) is 1.60. The highest BCUT2D eigenvalue weighted by atomic mass is 79.9. The smallest absolute Gasteiger partial charge is 0.223 e. The summed E-state index contributed by atoms with van der Waals surface area (Å²) in [4.78, 5) is 8.77. The van der Waals surface area contributed by atoms with E-state index in [0.29, 0.717) is 5.95 Å². The lowest BCUT2D eigenvalue weighted by Crippen LogP contribution is -2.04. The number of benzene rings is 1. The van der Waals surface area contributed by atoms with Crippen LogP contribution in [0.4, 0.5) is 5.95 Å². The maximum absolute atomic E-state index is 4.52. The lowest BCUT2D eigenvalue weighted by atomic mass is 10.2. The minimum atomic E-state index is 0.695. The van der Waals surface area contributed by atoms with Crippen molar-refractivity contribution in [3.8, 4) is 0 Å². The van der Waals surface area contributed by atoms with Crippen molar-refractivity contribution in [1.82, 2.24) is 9.97 Å². The number of rotatable bonds is 6. The fraction of sp³-hybridized carbons (Fsp3) is 0.286. The molecule has 0 aliphatic carbocycles. The third kappa shape index (κ3) is 4.51. The minimum Gasteiger partial charge on any atom is -0.354 e. The standard InChI is InChI=1S/C14H16BrN3S/c1-2-8-16-14-17-9-12(15)13(18-14)19-10-11-6-4-3-5-7-11/h3-7,9H,2,8,10H2,1H3,(H,16,17,18). The second-order valence-electron chi connectivity index (χ2n) is 4.05. The Morgan fingerprint density at radius 1 is 1.26 bits per heavy atom. The maximum Gasteiger partial charge on any atom is 0.223 e. The Balaban J connectivity index is 2.02. The van der Waals surface area contributed by atoms with Crippen LogP contribution >= 0.6 is 27.7 Å². The highest BCUT2D eigenvalue weighted by Crippen LogP contribution is 2.28. The van der Waals surface area contributed by atoms with Crippen molar-refractivity contribution in [2.45, 2.75) is 24.1 Å². The molecule has 2 aromatic rings. The number of thioether (sulfide) groups is 1. The molecule has 5 heteroatoms. The van der Waals surface area contributed by atoms with Gasteiger partial charge in [0.2, 0.25) is 5.95 Å². The van der Waals surface area contributed by atoms with E-state index >= 15 is 0 Å². The maximum atomic E-state index is 4.52. The van der Waals surface area contributed by atoms with Crippen molar-refractivity contribution in [1.29, 1.82) is 0 Å². The Morgan fingerprint density at radius 3 is 2.79 bits per heavy atom. The van der Waals surface area contributed by atoms with Gasteiger partial charge in [0.1, 0.15) is 5.03 Å². The SMILES string of the molecule is CCCNc1ncc(Br)c(SCc2ccccc2)n1. The van der Waals surface area contributed by atoms with E-state index < -0.39 is 0 Å². The first-order valence-corrected chi connectivity index (χ1v) is 8.00. The van der Waals surface area contributed by atoms with E-state index in [2.05, 4.69) is 62.4 Å². The average molecular weight is 338 g/mol. The molecule has 0 fully saturated rings. The Kier molecular flexibility index (Phi) is 5.66. The van der Waals surface area contributed by atoms with Gasteiger partial charge in [-0.05, 0) is 27.9 Å². The van der Waals surface area contributed by atoms with E-state index in [-0.39, 0.29) is 0 Å². The van der Waals surface area contributed by atoms with Crippen LogP contribution in [-0.4, -0.2) is 16.5 Å². The van der Waals surface area contributed by atoms with Gasteiger partial charge >= 0.3 is 0 Å². The van der Waals surface area contributed by atoms with Gasteiger partial charge in [0.25, 0.3) is 0 Å². The predicted octanol–water partition coefficient (Wildman–Crippen LogP) is 4.35. The molecule has 0 spiro atoms. The van der Waals surface area contributed by atoms with Crippen LogP contribution in [-0.2, 0) is 5.75 Å². The van der Waals surface area contributed by atoms with Gasteiger partial charge in [0.05, 0.1) is 4.47 Å². The van der Waals surface area contributed by atoms with Crippen LogP contribution in [0.1, 0.15) is 18.9 Å². The minimum absolute atomic E-state index is 0.695. The molecule has 0 atom stereocenters. The first kappa shape index (κ1) is 14.3. The molecule has 19 heavy (non-hydrogen) atoms. The lowest BCUT2D eigenvalue weighted by Gasteiger charge is -2.07. The summed E-state index contributed by atoms with van der Waals surface area (Å²) in [6.45, 7) is 3.02. The zero-order valence-electron chi connectivity index (χ0n) is 10.8. The molecule has 0 bridgehead atoms. The van der Waals surface area contributed by atoms with Crippen molar-refractivity contribution in [2.75, 3.05) is 11.9 Å². The molecule has 2 rings (SSSR count). The van der Waals surface area contributed by atoms with Gasteiger partial charge in [-0.2, -0.15) is 0 Å². The van der Waals surface area contributed by atoms with E-state index in [4.69, 9.17) is 0 Å². The molecule has 0 aliphatic rings. The molecule has 0 unspecified atom stereocenters. The predicted molar refractivity (Wildman–Crippen MR) is 84.5 cm³/mol. The molecular weight excluding hydrogens is 322 g/mol. The number of hydrogen-bond acceptors (Lipinski definition) is 4. The van der Waals surface area contributed by atoms with Crippen LogP contribution in [0.5, 0.6) is 0 Å². The molecule has 0 saturated carbocycles. The van der Waals surface area contributed by atoms with E-state index in [1.54, 1.807) is 18.0 Å². The topological polar surface area (TPSA) is 37.8 Å².